The third-order valence-electron chi connectivity index (χ3n) is 3.46. The Morgan fingerprint density at radius 2 is 2.09 bits per heavy atom. The predicted octanol–water partition coefficient (Wildman–Crippen LogP) is 2.18. The summed E-state index contributed by atoms with van der Waals surface area (Å²) in [6.07, 6.45) is 9.04. The van der Waals surface area contributed by atoms with Crippen LogP contribution in [0.4, 0.5) is 0 Å². The van der Waals surface area contributed by atoms with Crippen molar-refractivity contribution in [2.75, 3.05) is 13.6 Å². The summed E-state index contributed by atoms with van der Waals surface area (Å²) in [7, 11) is 2.08. The van der Waals surface area contributed by atoms with Crippen molar-refractivity contribution in [3.8, 4) is 0 Å². The Kier molecular flexibility index (Phi) is 1.92. The van der Waals surface area contributed by atoms with Crippen LogP contribution in [0.25, 0.3) is 0 Å². The number of hydrogen-bond acceptors (Lipinski definition) is 1. The molecular formula is C10H19N. The van der Waals surface area contributed by atoms with Crippen LogP contribution in [0.15, 0.2) is 0 Å². The molecule has 1 nitrogen and oxygen atoms in total. The Labute approximate surface area is 69.6 Å². The maximum Gasteiger partial charge on any atom is 0.000491 e. The van der Waals surface area contributed by atoms with Gasteiger partial charge in [-0.15, -0.1) is 0 Å². The zero-order valence-electron chi connectivity index (χ0n) is 7.53. The van der Waals surface area contributed by atoms with E-state index >= 15 is 0 Å². The van der Waals surface area contributed by atoms with Crippen LogP contribution in [0, 0.1) is 11.3 Å². The highest BCUT2D eigenvalue weighted by Crippen LogP contribution is 2.52. The zero-order valence-corrected chi connectivity index (χ0v) is 7.53. The van der Waals surface area contributed by atoms with Crippen LogP contribution in [0.2, 0.25) is 0 Å². The quantitative estimate of drug-likeness (QED) is 0.652. The predicted molar refractivity (Wildman–Crippen MR) is 47.6 cm³/mol. The summed E-state index contributed by atoms with van der Waals surface area (Å²) in [5.41, 5.74) is 0.764. The fourth-order valence-corrected chi connectivity index (χ4v) is 2.31. The molecule has 0 spiro atoms. The molecule has 1 N–H and O–H groups in total. The molecule has 0 aromatic heterocycles. The van der Waals surface area contributed by atoms with Gasteiger partial charge in [0.25, 0.3) is 0 Å². The minimum Gasteiger partial charge on any atom is -0.319 e. The first-order valence-corrected chi connectivity index (χ1v) is 4.99. The summed E-state index contributed by atoms with van der Waals surface area (Å²) >= 11 is 0. The Morgan fingerprint density at radius 3 is 2.45 bits per heavy atom. The lowest BCUT2D eigenvalue weighted by molar-refractivity contribution is 0.235. The molecule has 0 bridgehead atoms. The second-order valence-electron chi connectivity index (χ2n) is 4.53. The molecule has 1 heteroatoms. The molecular weight excluding hydrogens is 134 g/mol. The third kappa shape index (κ3) is 1.58. The SMILES string of the molecule is CNCC1(CC2CCC2)CC1. The van der Waals surface area contributed by atoms with E-state index in [0.717, 1.165) is 11.3 Å². The Bertz CT molecular complexity index is 134. The zero-order chi connectivity index (χ0) is 7.73. The summed E-state index contributed by atoms with van der Waals surface area (Å²) in [5, 5.41) is 3.32. The molecule has 0 aromatic carbocycles. The fraction of sp³-hybridized carbons (Fsp3) is 1.00. The molecule has 0 atom stereocenters. The topological polar surface area (TPSA) is 12.0 Å². The third-order valence-corrected chi connectivity index (χ3v) is 3.46. The highest BCUT2D eigenvalue weighted by molar-refractivity contribution is 4.96. The lowest BCUT2D eigenvalue weighted by Crippen LogP contribution is -2.25. The van der Waals surface area contributed by atoms with E-state index < -0.39 is 0 Å². The van der Waals surface area contributed by atoms with Gasteiger partial charge in [0.05, 0.1) is 0 Å². The molecule has 2 saturated carbocycles. The first-order valence-electron chi connectivity index (χ1n) is 4.99. The summed E-state index contributed by atoms with van der Waals surface area (Å²) < 4.78 is 0. The summed E-state index contributed by atoms with van der Waals surface area (Å²) in [4.78, 5) is 0. The molecule has 2 aliphatic carbocycles. The average Bonchev–Trinajstić information content (AvgIpc) is 2.62. The monoisotopic (exact) mass is 153 g/mol. The van der Waals surface area contributed by atoms with Crippen molar-refractivity contribution in [1.29, 1.82) is 0 Å². The van der Waals surface area contributed by atoms with Crippen molar-refractivity contribution in [3.63, 3.8) is 0 Å². The van der Waals surface area contributed by atoms with Crippen LogP contribution in [-0.2, 0) is 0 Å². The molecule has 2 aliphatic rings. The number of hydrogen-bond donors (Lipinski definition) is 1. The van der Waals surface area contributed by atoms with E-state index in [1.165, 1.54) is 45.1 Å². The average molecular weight is 153 g/mol. The van der Waals surface area contributed by atoms with Gasteiger partial charge in [0.15, 0.2) is 0 Å². The largest absolute Gasteiger partial charge is 0.319 e. The van der Waals surface area contributed by atoms with Gasteiger partial charge in [0.2, 0.25) is 0 Å². The van der Waals surface area contributed by atoms with Gasteiger partial charge in [-0.2, -0.15) is 0 Å². The lowest BCUT2D eigenvalue weighted by atomic mass is 9.78. The Morgan fingerprint density at radius 1 is 1.36 bits per heavy atom. The van der Waals surface area contributed by atoms with E-state index in [1.54, 1.807) is 0 Å². The van der Waals surface area contributed by atoms with Crippen LogP contribution in [0.3, 0.4) is 0 Å². The molecule has 0 heterocycles. The van der Waals surface area contributed by atoms with Crippen molar-refractivity contribution < 1.29 is 0 Å². The van der Waals surface area contributed by atoms with Gasteiger partial charge in [-0.1, -0.05) is 19.3 Å². The summed E-state index contributed by atoms with van der Waals surface area (Å²) in [5.74, 6) is 1.10. The normalized spacial score (nSPS) is 28.1. The first kappa shape index (κ1) is 7.60. The van der Waals surface area contributed by atoms with Gasteiger partial charge >= 0.3 is 0 Å². The molecule has 0 aliphatic heterocycles. The minimum atomic E-state index is 0.764. The van der Waals surface area contributed by atoms with Crippen molar-refractivity contribution in [2.24, 2.45) is 11.3 Å². The maximum atomic E-state index is 3.32. The number of nitrogens with one attached hydrogen (secondary N) is 1. The second kappa shape index (κ2) is 2.78. The maximum absolute atomic E-state index is 3.32. The Hall–Kier alpha value is -0.0400. The van der Waals surface area contributed by atoms with Gasteiger partial charge in [0.1, 0.15) is 0 Å². The van der Waals surface area contributed by atoms with Crippen LogP contribution in [0.1, 0.15) is 38.5 Å². The van der Waals surface area contributed by atoms with Gasteiger partial charge in [-0.3, -0.25) is 0 Å². The minimum absolute atomic E-state index is 0.764. The molecule has 0 aromatic rings. The van der Waals surface area contributed by atoms with Gasteiger partial charge in [-0.05, 0) is 37.6 Å². The van der Waals surface area contributed by atoms with Gasteiger partial charge < -0.3 is 5.32 Å². The standard InChI is InChI=1S/C10H19N/c1-11-8-10(5-6-10)7-9-3-2-4-9/h9,11H,2-8H2,1H3. The summed E-state index contributed by atoms with van der Waals surface area (Å²) in [6, 6.07) is 0. The molecule has 11 heavy (non-hydrogen) atoms. The van der Waals surface area contributed by atoms with Gasteiger partial charge in [0, 0.05) is 6.54 Å². The smallest absolute Gasteiger partial charge is 0.000491 e. The highest BCUT2D eigenvalue weighted by Gasteiger charge is 2.43. The molecule has 0 radical (unpaired) electrons. The lowest BCUT2D eigenvalue weighted by Gasteiger charge is -2.29. The van der Waals surface area contributed by atoms with E-state index in [2.05, 4.69) is 12.4 Å². The van der Waals surface area contributed by atoms with E-state index in [1.807, 2.05) is 0 Å². The fourth-order valence-electron chi connectivity index (χ4n) is 2.31. The summed E-state index contributed by atoms with van der Waals surface area (Å²) in [6.45, 7) is 1.27. The number of rotatable bonds is 4. The van der Waals surface area contributed by atoms with E-state index in [0.29, 0.717) is 0 Å². The van der Waals surface area contributed by atoms with E-state index in [4.69, 9.17) is 0 Å². The molecule has 0 amide bonds. The van der Waals surface area contributed by atoms with Gasteiger partial charge in [-0.25, -0.2) is 0 Å². The van der Waals surface area contributed by atoms with Crippen LogP contribution in [-0.4, -0.2) is 13.6 Å². The first-order chi connectivity index (χ1) is 5.35. The van der Waals surface area contributed by atoms with Crippen LogP contribution < -0.4 is 5.32 Å². The molecule has 0 unspecified atom stereocenters. The van der Waals surface area contributed by atoms with Crippen LogP contribution >= 0.6 is 0 Å². The molecule has 2 rings (SSSR count). The van der Waals surface area contributed by atoms with E-state index in [-0.39, 0.29) is 0 Å². The van der Waals surface area contributed by atoms with Crippen molar-refractivity contribution in [1.82, 2.24) is 5.32 Å². The van der Waals surface area contributed by atoms with Crippen LogP contribution in [0.5, 0.6) is 0 Å². The molecule has 0 saturated heterocycles. The molecule has 2 fully saturated rings. The van der Waals surface area contributed by atoms with Crippen molar-refractivity contribution in [2.45, 2.75) is 38.5 Å². The van der Waals surface area contributed by atoms with Crippen molar-refractivity contribution >= 4 is 0 Å². The van der Waals surface area contributed by atoms with Crippen molar-refractivity contribution in [3.05, 3.63) is 0 Å². The Balaban J connectivity index is 1.74. The molecule has 64 valence electrons. The second-order valence-corrected chi connectivity index (χ2v) is 4.53. The van der Waals surface area contributed by atoms with E-state index in [9.17, 15) is 0 Å². The highest BCUT2D eigenvalue weighted by atomic mass is 14.8.